The van der Waals surface area contributed by atoms with Crippen LogP contribution in [0.1, 0.15) is 27.2 Å². The van der Waals surface area contributed by atoms with E-state index in [0.717, 1.165) is 5.92 Å². The van der Waals surface area contributed by atoms with Gasteiger partial charge in [0.1, 0.15) is 0 Å². The van der Waals surface area contributed by atoms with Gasteiger partial charge in [-0.1, -0.05) is 26.0 Å². The molecular weight excluding hydrogens is 84.1 g/mol. The third kappa shape index (κ3) is 5.74. The van der Waals surface area contributed by atoms with E-state index in [0.29, 0.717) is 0 Å². The van der Waals surface area contributed by atoms with E-state index in [2.05, 4.69) is 32.9 Å². The molecule has 0 aliphatic heterocycles. The first-order chi connectivity index (χ1) is 3.27. The molecule has 0 radical (unpaired) electrons. The molecule has 0 aliphatic rings. The highest BCUT2D eigenvalue weighted by molar-refractivity contribution is 4.77. The smallest absolute Gasteiger partial charge is 0.0328 e. The van der Waals surface area contributed by atoms with E-state index in [1.807, 2.05) is 0 Å². The van der Waals surface area contributed by atoms with Gasteiger partial charge in [0.05, 0.1) is 0 Å². The Morgan fingerprint density at radius 1 is 1.43 bits per heavy atom. The van der Waals surface area contributed by atoms with Gasteiger partial charge in [-0.3, -0.25) is 0 Å². The summed E-state index contributed by atoms with van der Waals surface area (Å²) in [6.07, 6.45) is 5.52. The summed E-state index contributed by atoms with van der Waals surface area (Å²) in [5.41, 5.74) is 0. The van der Waals surface area contributed by atoms with Gasteiger partial charge in [0.25, 0.3) is 0 Å². The Hall–Kier alpha value is -0.260. The van der Waals surface area contributed by atoms with Crippen molar-refractivity contribution in [1.29, 1.82) is 0 Å². The zero-order chi connectivity index (χ0) is 5.70. The van der Waals surface area contributed by atoms with Gasteiger partial charge in [-0.15, -0.1) is 0 Å². The van der Waals surface area contributed by atoms with Crippen LogP contribution < -0.4 is 0 Å². The van der Waals surface area contributed by atoms with Crippen molar-refractivity contribution < 1.29 is 0 Å². The lowest BCUT2D eigenvalue weighted by Crippen LogP contribution is -1.79. The molecule has 0 spiro atoms. The van der Waals surface area contributed by atoms with Gasteiger partial charge in [0.2, 0.25) is 0 Å². The maximum absolute atomic E-state index is 2.22. The van der Waals surface area contributed by atoms with E-state index in [1.165, 1.54) is 6.42 Å². The molecule has 0 heterocycles. The molecule has 0 saturated carbocycles. The molecule has 42 valence electrons. The van der Waals surface area contributed by atoms with Crippen molar-refractivity contribution in [2.45, 2.75) is 27.2 Å². The van der Waals surface area contributed by atoms with Crippen LogP contribution in [0.25, 0.3) is 0 Å². The predicted molar refractivity (Wildman–Crippen MR) is 34.3 cm³/mol. The van der Waals surface area contributed by atoms with Crippen molar-refractivity contribution in [2.24, 2.45) is 5.92 Å². The molecular formula is C7H14. The summed E-state index contributed by atoms with van der Waals surface area (Å²) in [7, 11) is 0. The maximum atomic E-state index is 2.22. The number of hydrogen-bond donors (Lipinski definition) is 0. The van der Waals surface area contributed by atoms with Crippen molar-refractivity contribution in [3.63, 3.8) is 0 Å². The van der Waals surface area contributed by atoms with E-state index < -0.39 is 0 Å². The summed E-state index contributed by atoms with van der Waals surface area (Å²) in [4.78, 5) is 0. The van der Waals surface area contributed by atoms with Crippen molar-refractivity contribution in [3.8, 4) is 0 Å². The molecule has 0 saturated heterocycles. The average Bonchev–Trinajstić information content (AvgIpc) is 1.61. The zero-order valence-corrected chi connectivity index (χ0v) is 5.44. The fourth-order valence-electron chi connectivity index (χ4n) is 0.408. The molecule has 0 N–H and O–H groups in total. The second-order valence-corrected chi connectivity index (χ2v) is 2.20. The van der Waals surface area contributed by atoms with Crippen LogP contribution in [0.5, 0.6) is 0 Å². The average molecular weight is 98.2 g/mol. The molecule has 0 aromatic carbocycles. The Morgan fingerprint density at radius 3 is 2.14 bits per heavy atom. The minimum Gasteiger partial charge on any atom is -0.0917 e. The van der Waals surface area contributed by atoms with E-state index in [-0.39, 0.29) is 0 Å². The molecule has 0 aliphatic carbocycles. The van der Waals surface area contributed by atoms with Crippen LogP contribution in [0, 0.1) is 5.92 Å². The Labute approximate surface area is 46.2 Å². The fourth-order valence-corrected chi connectivity index (χ4v) is 0.408. The van der Waals surface area contributed by atoms with Gasteiger partial charge in [-0.25, -0.2) is 0 Å². The van der Waals surface area contributed by atoms with Crippen molar-refractivity contribution in [2.75, 3.05) is 0 Å². The van der Waals surface area contributed by atoms with Gasteiger partial charge in [-0.2, -0.15) is 0 Å². The Balaban J connectivity index is 2.97. The Bertz CT molecular complexity index is 51.1. The fraction of sp³-hybridized carbons (Fsp3) is 0.714. The van der Waals surface area contributed by atoms with Crippen LogP contribution in [0.4, 0.5) is 0 Å². The first-order valence-electron chi connectivity index (χ1n) is 2.88. The summed E-state index contributed by atoms with van der Waals surface area (Å²) >= 11 is 0. The second-order valence-electron chi connectivity index (χ2n) is 2.20. The van der Waals surface area contributed by atoms with Gasteiger partial charge >= 0.3 is 0 Å². The quantitative estimate of drug-likeness (QED) is 0.466. The van der Waals surface area contributed by atoms with Crippen molar-refractivity contribution in [1.82, 2.24) is 0 Å². The zero-order valence-electron chi connectivity index (χ0n) is 5.44. The van der Waals surface area contributed by atoms with Crippen LogP contribution in [0.3, 0.4) is 0 Å². The van der Waals surface area contributed by atoms with E-state index in [4.69, 9.17) is 0 Å². The SMILES string of the molecule is C/C=C\CC(C)C. The van der Waals surface area contributed by atoms with Crippen LogP contribution in [-0.4, -0.2) is 0 Å². The third-order valence-corrected chi connectivity index (χ3v) is 0.843. The predicted octanol–water partition coefficient (Wildman–Crippen LogP) is 2.61. The third-order valence-electron chi connectivity index (χ3n) is 0.843. The highest BCUT2D eigenvalue weighted by atomic mass is 13.9. The molecule has 0 heteroatoms. The second kappa shape index (κ2) is 3.91. The Morgan fingerprint density at radius 2 is 2.00 bits per heavy atom. The van der Waals surface area contributed by atoms with Gasteiger partial charge in [0, 0.05) is 0 Å². The van der Waals surface area contributed by atoms with Gasteiger partial charge in [0.15, 0.2) is 0 Å². The van der Waals surface area contributed by atoms with Crippen LogP contribution in [-0.2, 0) is 0 Å². The van der Waals surface area contributed by atoms with Crippen LogP contribution in [0.15, 0.2) is 12.2 Å². The summed E-state index contributed by atoms with van der Waals surface area (Å²) < 4.78 is 0. The standard InChI is InChI=1S/C7H14/c1-4-5-6-7(2)3/h4-5,7H,6H2,1-3H3/b5-4-. The molecule has 0 rings (SSSR count). The summed E-state index contributed by atoms with van der Waals surface area (Å²) in [6, 6.07) is 0. The minimum atomic E-state index is 0.816. The molecule has 0 amide bonds. The first-order valence-corrected chi connectivity index (χ1v) is 2.88. The molecule has 7 heavy (non-hydrogen) atoms. The van der Waals surface area contributed by atoms with E-state index in [9.17, 15) is 0 Å². The van der Waals surface area contributed by atoms with Gasteiger partial charge in [-0.05, 0) is 19.3 Å². The normalized spacial score (nSPS) is 11.4. The summed E-state index contributed by atoms with van der Waals surface area (Å²) in [5.74, 6) is 0.816. The largest absolute Gasteiger partial charge is 0.0917 e. The van der Waals surface area contributed by atoms with Crippen molar-refractivity contribution in [3.05, 3.63) is 12.2 Å². The number of hydrogen-bond acceptors (Lipinski definition) is 0. The topological polar surface area (TPSA) is 0 Å². The molecule has 0 fully saturated rings. The molecule has 0 unspecified atom stereocenters. The molecule has 0 aromatic rings. The van der Waals surface area contributed by atoms with E-state index >= 15 is 0 Å². The lowest BCUT2D eigenvalue weighted by Gasteiger charge is -1.93. The molecule has 0 nitrogen and oxygen atoms in total. The maximum Gasteiger partial charge on any atom is -0.0328 e. The molecule has 0 aromatic heterocycles. The van der Waals surface area contributed by atoms with Gasteiger partial charge < -0.3 is 0 Å². The number of allylic oxidation sites excluding steroid dienone is 2. The van der Waals surface area contributed by atoms with Crippen molar-refractivity contribution >= 4 is 0 Å². The Kier molecular flexibility index (Phi) is 3.77. The minimum absolute atomic E-state index is 0.816. The first kappa shape index (κ1) is 6.74. The monoisotopic (exact) mass is 98.1 g/mol. The van der Waals surface area contributed by atoms with Crippen LogP contribution >= 0.6 is 0 Å². The highest BCUT2D eigenvalue weighted by Crippen LogP contribution is 1.98. The summed E-state index contributed by atoms with van der Waals surface area (Å²) in [6.45, 7) is 6.50. The lowest BCUT2D eigenvalue weighted by atomic mass is 10.1. The molecule has 0 atom stereocenters. The molecule has 0 bridgehead atoms. The van der Waals surface area contributed by atoms with Crippen LogP contribution in [0.2, 0.25) is 0 Å². The highest BCUT2D eigenvalue weighted by Gasteiger charge is 1.83. The number of rotatable bonds is 2. The summed E-state index contributed by atoms with van der Waals surface area (Å²) in [5, 5.41) is 0. The van der Waals surface area contributed by atoms with E-state index in [1.54, 1.807) is 0 Å². The lowest BCUT2D eigenvalue weighted by molar-refractivity contribution is 0.663.